The van der Waals surface area contributed by atoms with Gasteiger partial charge >= 0.3 is 0 Å². The van der Waals surface area contributed by atoms with Gasteiger partial charge < -0.3 is 9.47 Å². The van der Waals surface area contributed by atoms with Crippen LogP contribution in [0.5, 0.6) is 0 Å². The Balaban J connectivity index is 1.82. The van der Waals surface area contributed by atoms with E-state index in [1.807, 2.05) is 48.0 Å². The molecule has 2 heterocycles. The number of hydrogen-bond donors (Lipinski definition) is 0. The predicted octanol–water partition coefficient (Wildman–Crippen LogP) is 3.35. The van der Waals surface area contributed by atoms with Gasteiger partial charge in [-0.15, -0.1) is 0 Å². The van der Waals surface area contributed by atoms with Gasteiger partial charge in [0.05, 0.1) is 25.2 Å². The van der Waals surface area contributed by atoms with E-state index in [0.717, 1.165) is 11.1 Å². The second kappa shape index (κ2) is 6.78. The molecule has 0 spiro atoms. The lowest BCUT2D eigenvalue weighted by molar-refractivity contribution is -0.196. The van der Waals surface area contributed by atoms with E-state index in [1.54, 1.807) is 12.7 Å². The van der Waals surface area contributed by atoms with Crippen molar-refractivity contribution in [3.05, 3.63) is 84.4 Å². The second-order valence-electron chi connectivity index (χ2n) is 6.35. The van der Waals surface area contributed by atoms with Crippen LogP contribution in [0.4, 0.5) is 0 Å². The van der Waals surface area contributed by atoms with Crippen molar-refractivity contribution in [2.75, 3.05) is 6.61 Å². The molecule has 0 saturated carbocycles. The average Bonchev–Trinajstić information content (AvgIpc) is 3.31. The Morgan fingerprint density at radius 2 is 1.84 bits per heavy atom. The third-order valence-corrected chi connectivity index (χ3v) is 4.58. The zero-order valence-electron chi connectivity index (χ0n) is 14.2. The Morgan fingerprint density at radius 1 is 1.12 bits per heavy atom. The van der Waals surface area contributed by atoms with Gasteiger partial charge in [-0.3, -0.25) is 4.68 Å². The summed E-state index contributed by atoms with van der Waals surface area (Å²) in [6.45, 7) is 3.23. The highest BCUT2D eigenvalue weighted by molar-refractivity contribution is 5.30. The number of ether oxygens (including phenoxy) is 2. The van der Waals surface area contributed by atoms with Crippen LogP contribution in [0.15, 0.2) is 73.3 Å². The fourth-order valence-electron chi connectivity index (χ4n) is 3.46. The fourth-order valence-corrected chi connectivity index (χ4v) is 3.46. The van der Waals surface area contributed by atoms with Gasteiger partial charge in [0.2, 0.25) is 5.79 Å². The molecule has 0 aliphatic carbocycles. The molecule has 2 aromatic carbocycles. The van der Waals surface area contributed by atoms with Gasteiger partial charge in [-0.25, -0.2) is 4.98 Å². The molecule has 1 saturated heterocycles. The van der Waals surface area contributed by atoms with Crippen molar-refractivity contribution in [2.24, 2.45) is 0 Å². The monoisotopic (exact) mass is 335 g/mol. The predicted molar refractivity (Wildman–Crippen MR) is 93.8 cm³/mol. The van der Waals surface area contributed by atoms with Crippen LogP contribution in [-0.4, -0.2) is 27.5 Å². The summed E-state index contributed by atoms with van der Waals surface area (Å²) in [5.41, 5.74) is 2.17. The van der Waals surface area contributed by atoms with E-state index < -0.39 is 5.79 Å². The van der Waals surface area contributed by atoms with Crippen LogP contribution in [0.2, 0.25) is 0 Å². The Hall–Kier alpha value is -2.50. The summed E-state index contributed by atoms with van der Waals surface area (Å²) in [7, 11) is 0. The molecule has 5 nitrogen and oxygen atoms in total. The molecule has 0 N–H and O–H groups in total. The molecule has 3 atom stereocenters. The van der Waals surface area contributed by atoms with Crippen LogP contribution in [0.1, 0.15) is 24.0 Å². The van der Waals surface area contributed by atoms with Crippen molar-refractivity contribution < 1.29 is 9.47 Å². The zero-order valence-corrected chi connectivity index (χ0v) is 14.2. The summed E-state index contributed by atoms with van der Waals surface area (Å²) < 4.78 is 14.6. The smallest absolute Gasteiger partial charge is 0.204 e. The van der Waals surface area contributed by atoms with Gasteiger partial charge in [-0.2, -0.15) is 5.10 Å². The average molecular weight is 335 g/mol. The maximum atomic E-state index is 6.42. The quantitative estimate of drug-likeness (QED) is 0.717. The maximum Gasteiger partial charge on any atom is 0.204 e. The van der Waals surface area contributed by atoms with Crippen molar-refractivity contribution in [3.8, 4) is 0 Å². The SMILES string of the molecule is CC1COC(c2ccccc2)(C(Cn2cncn2)c2ccccc2)O1. The highest BCUT2D eigenvalue weighted by atomic mass is 16.7. The molecule has 0 radical (unpaired) electrons. The van der Waals surface area contributed by atoms with Gasteiger partial charge in [0.15, 0.2) is 0 Å². The molecule has 4 rings (SSSR count). The standard InChI is InChI=1S/C20H21N3O2/c1-16-13-24-20(25-16,18-10-6-3-7-11-18)19(12-23-15-21-14-22-23)17-8-4-2-5-9-17/h2-11,14-16,19H,12-13H2,1H3. The van der Waals surface area contributed by atoms with Gasteiger partial charge in [-0.1, -0.05) is 60.7 Å². The van der Waals surface area contributed by atoms with Gasteiger partial charge in [0, 0.05) is 5.56 Å². The maximum absolute atomic E-state index is 6.42. The first kappa shape index (κ1) is 16.0. The third kappa shape index (κ3) is 3.08. The van der Waals surface area contributed by atoms with Crippen LogP contribution in [0.25, 0.3) is 0 Å². The number of nitrogens with zero attached hydrogens (tertiary/aromatic N) is 3. The van der Waals surface area contributed by atoms with E-state index in [2.05, 4.69) is 34.3 Å². The Bertz CT molecular complexity index is 792. The minimum atomic E-state index is -0.839. The van der Waals surface area contributed by atoms with Crippen LogP contribution < -0.4 is 0 Å². The molecule has 0 amide bonds. The van der Waals surface area contributed by atoms with Crippen LogP contribution in [-0.2, 0) is 21.8 Å². The molecule has 25 heavy (non-hydrogen) atoms. The number of benzene rings is 2. The number of aromatic nitrogens is 3. The molecular formula is C20H21N3O2. The summed E-state index contributed by atoms with van der Waals surface area (Å²) in [5.74, 6) is -0.892. The van der Waals surface area contributed by atoms with E-state index in [4.69, 9.17) is 9.47 Å². The third-order valence-electron chi connectivity index (χ3n) is 4.58. The molecule has 3 unspecified atom stereocenters. The van der Waals surface area contributed by atoms with Crippen LogP contribution in [0.3, 0.4) is 0 Å². The summed E-state index contributed by atoms with van der Waals surface area (Å²) in [4.78, 5) is 4.08. The highest BCUT2D eigenvalue weighted by Gasteiger charge is 2.49. The molecule has 1 aromatic heterocycles. The van der Waals surface area contributed by atoms with Crippen molar-refractivity contribution in [2.45, 2.75) is 31.3 Å². The summed E-state index contributed by atoms with van der Waals surface area (Å²) in [6, 6.07) is 20.5. The lowest BCUT2D eigenvalue weighted by Crippen LogP contribution is -2.38. The molecule has 1 fully saturated rings. The molecule has 128 valence electrons. The zero-order chi connectivity index (χ0) is 17.1. The number of hydrogen-bond acceptors (Lipinski definition) is 4. The largest absolute Gasteiger partial charge is 0.343 e. The van der Waals surface area contributed by atoms with E-state index in [9.17, 15) is 0 Å². The Kier molecular flexibility index (Phi) is 4.34. The van der Waals surface area contributed by atoms with Crippen LogP contribution >= 0.6 is 0 Å². The molecule has 1 aliphatic heterocycles. The van der Waals surface area contributed by atoms with E-state index >= 15 is 0 Å². The lowest BCUT2D eigenvalue weighted by atomic mass is 9.85. The molecular weight excluding hydrogens is 314 g/mol. The van der Waals surface area contributed by atoms with Gasteiger partial charge in [0.1, 0.15) is 12.7 Å². The van der Waals surface area contributed by atoms with Crippen molar-refractivity contribution in [1.82, 2.24) is 14.8 Å². The normalized spacial score (nSPS) is 24.3. The Labute approximate surface area is 147 Å². The molecule has 1 aliphatic rings. The first-order valence-corrected chi connectivity index (χ1v) is 8.52. The topological polar surface area (TPSA) is 49.2 Å². The first-order valence-electron chi connectivity index (χ1n) is 8.52. The van der Waals surface area contributed by atoms with Gasteiger partial charge in [-0.05, 0) is 12.5 Å². The molecule has 5 heteroatoms. The van der Waals surface area contributed by atoms with Crippen molar-refractivity contribution in [1.29, 1.82) is 0 Å². The minimum absolute atomic E-state index is 0.0298. The van der Waals surface area contributed by atoms with Crippen LogP contribution in [0, 0.1) is 0 Å². The first-order chi connectivity index (χ1) is 12.3. The fraction of sp³-hybridized carbons (Fsp3) is 0.300. The molecule has 0 bridgehead atoms. The minimum Gasteiger partial charge on any atom is -0.343 e. The van der Waals surface area contributed by atoms with Crippen molar-refractivity contribution >= 4 is 0 Å². The summed E-state index contributed by atoms with van der Waals surface area (Å²) in [6.07, 6.45) is 3.31. The second-order valence-corrected chi connectivity index (χ2v) is 6.35. The van der Waals surface area contributed by atoms with E-state index in [-0.39, 0.29) is 12.0 Å². The van der Waals surface area contributed by atoms with Gasteiger partial charge in [0.25, 0.3) is 0 Å². The highest BCUT2D eigenvalue weighted by Crippen LogP contribution is 2.46. The Morgan fingerprint density at radius 3 is 2.44 bits per heavy atom. The number of rotatable bonds is 5. The molecule has 3 aromatic rings. The van der Waals surface area contributed by atoms with E-state index in [1.165, 1.54) is 0 Å². The van der Waals surface area contributed by atoms with E-state index in [0.29, 0.717) is 13.2 Å². The summed E-state index contributed by atoms with van der Waals surface area (Å²) in [5, 5.41) is 4.29. The summed E-state index contributed by atoms with van der Waals surface area (Å²) >= 11 is 0. The van der Waals surface area contributed by atoms with Crippen molar-refractivity contribution in [3.63, 3.8) is 0 Å². The lowest BCUT2D eigenvalue weighted by Gasteiger charge is -2.36.